The lowest BCUT2D eigenvalue weighted by atomic mass is 10.1. The highest BCUT2D eigenvalue weighted by Crippen LogP contribution is 2.19. The lowest BCUT2D eigenvalue weighted by Crippen LogP contribution is -2.47. The van der Waals surface area contributed by atoms with Crippen LogP contribution in [0.2, 0.25) is 0 Å². The third-order valence-corrected chi connectivity index (χ3v) is 5.05. The van der Waals surface area contributed by atoms with Crippen molar-refractivity contribution in [1.29, 1.82) is 0 Å². The first-order chi connectivity index (χ1) is 14.0. The Balaban J connectivity index is 1.51. The van der Waals surface area contributed by atoms with Gasteiger partial charge in [-0.25, -0.2) is 4.39 Å². The van der Waals surface area contributed by atoms with E-state index in [1.54, 1.807) is 13.1 Å². The van der Waals surface area contributed by atoms with E-state index >= 15 is 0 Å². The predicted molar refractivity (Wildman–Crippen MR) is 116 cm³/mol. The quantitative estimate of drug-likeness (QED) is 0.597. The van der Waals surface area contributed by atoms with Crippen molar-refractivity contribution in [3.63, 3.8) is 0 Å². The summed E-state index contributed by atoms with van der Waals surface area (Å²) >= 11 is 0. The van der Waals surface area contributed by atoms with Gasteiger partial charge in [-0.15, -0.1) is 0 Å². The summed E-state index contributed by atoms with van der Waals surface area (Å²) in [5.41, 5.74) is 1.76. The van der Waals surface area contributed by atoms with Crippen LogP contribution >= 0.6 is 0 Å². The molecule has 0 radical (unpaired) electrons. The van der Waals surface area contributed by atoms with Gasteiger partial charge in [-0.3, -0.25) is 4.99 Å². The Bertz CT molecular complexity index is 802. The zero-order chi connectivity index (χ0) is 20.6. The Morgan fingerprint density at radius 1 is 1.17 bits per heavy atom. The molecule has 0 bridgehead atoms. The van der Waals surface area contributed by atoms with Crippen molar-refractivity contribution >= 4 is 5.96 Å². The number of halogens is 1. The first-order valence-corrected chi connectivity index (χ1v) is 10.1. The molecule has 0 spiro atoms. The molecular weight excluding hydrogens is 367 g/mol. The Kier molecular flexibility index (Phi) is 7.47. The van der Waals surface area contributed by atoms with Crippen LogP contribution in [0.5, 0.6) is 5.75 Å². The fraction of sp³-hybridized carbons (Fsp3) is 0.435. The second kappa shape index (κ2) is 10.3. The molecule has 1 heterocycles. The van der Waals surface area contributed by atoms with Crippen LogP contribution in [0, 0.1) is 5.82 Å². The lowest BCUT2D eigenvalue weighted by molar-refractivity contribution is 0.129. The molecule has 29 heavy (non-hydrogen) atoms. The number of likely N-dealkylation sites (tertiary alicyclic amines) is 1. The molecule has 0 unspecified atom stereocenters. The third kappa shape index (κ3) is 6.19. The molecule has 0 aliphatic carbocycles. The molecule has 0 atom stereocenters. The normalized spacial score (nSPS) is 15.6. The van der Waals surface area contributed by atoms with Crippen molar-refractivity contribution in [3.8, 4) is 5.75 Å². The van der Waals surface area contributed by atoms with Crippen LogP contribution in [0.15, 0.2) is 53.5 Å². The zero-order valence-corrected chi connectivity index (χ0v) is 17.6. The highest BCUT2D eigenvalue weighted by atomic mass is 19.1. The Hall–Kier alpha value is -2.60. The van der Waals surface area contributed by atoms with E-state index in [4.69, 9.17) is 4.74 Å². The minimum absolute atomic E-state index is 0.160. The number of nitrogens with one attached hydrogen (secondary N) is 1. The summed E-state index contributed by atoms with van der Waals surface area (Å²) in [5, 5.41) is 3.42. The molecule has 1 N–H and O–H groups in total. The van der Waals surface area contributed by atoms with Gasteiger partial charge < -0.3 is 19.9 Å². The maximum absolute atomic E-state index is 14.0. The monoisotopic (exact) mass is 398 g/mol. The first-order valence-electron chi connectivity index (χ1n) is 10.1. The number of piperidine rings is 1. The van der Waals surface area contributed by atoms with E-state index in [1.807, 2.05) is 61.5 Å². The van der Waals surface area contributed by atoms with Crippen molar-refractivity contribution in [2.45, 2.75) is 32.0 Å². The van der Waals surface area contributed by atoms with E-state index in [0.717, 1.165) is 43.2 Å². The first kappa shape index (κ1) is 21.1. The highest BCUT2D eigenvalue weighted by Gasteiger charge is 2.22. The lowest BCUT2D eigenvalue weighted by Gasteiger charge is -2.34. The van der Waals surface area contributed by atoms with E-state index in [1.165, 1.54) is 0 Å². The number of nitrogens with zero attached hydrogens (tertiary/aromatic N) is 3. The SMILES string of the molecule is CN=C(NCc1ccc(F)c(CN(C)C)c1)N1CCC(Oc2ccccc2)CC1. The van der Waals surface area contributed by atoms with Crippen LogP contribution < -0.4 is 10.1 Å². The molecule has 2 aromatic carbocycles. The number of rotatable bonds is 6. The van der Waals surface area contributed by atoms with Gasteiger partial charge in [0.15, 0.2) is 5.96 Å². The number of hydrogen-bond acceptors (Lipinski definition) is 3. The molecule has 1 aliphatic heterocycles. The van der Waals surface area contributed by atoms with Crippen LogP contribution in [0.1, 0.15) is 24.0 Å². The largest absolute Gasteiger partial charge is 0.490 e. The molecule has 1 saturated heterocycles. The maximum atomic E-state index is 14.0. The van der Waals surface area contributed by atoms with Gasteiger partial charge in [0, 0.05) is 51.6 Å². The van der Waals surface area contributed by atoms with Crippen molar-refractivity contribution in [2.75, 3.05) is 34.2 Å². The van der Waals surface area contributed by atoms with E-state index in [0.29, 0.717) is 18.7 Å². The average molecular weight is 399 g/mol. The van der Waals surface area contributed by atoms with Crippen LogP contribution in [-0.2, 0) is 13.1 Å². The van der Waals surface area contributed by atoms with E-state index < -0.39 is 0 Å². The van der Waals surface area contributed by atoms with Gasteiger partial charge in [0.25, 0.3) is 0 Å². The van der Waals surface area contributed by atoms with Gasteiger partial charge in [0.2, 0.25) is 0 Å². The molecule has 5 nitrogen and oxygen atoms in total. The molecule has 0 aromatic heterocycles. The second-order valence-electron chi connectivity index (χ2n) is 7.68. The van der Waals surface area contributed by atoms with Gasteiger partial charge in [0.1, 0.15) is 17.7 Å². The number of aliphatic imine (C=N–C) groups is 1. The van der Waals surface area contributed by atoms with Crippen molar-refractivity contribution < 1.29 is 9.13 Å². The summed E-state index contributed by atoms with van der Waals surface area (Å²) in [6.45, 7) is 3.00. The molecule has 0 amide bonds. The van der Waals surface area contributed by atoms with Gasteiger partial charge in [0.05, 0.1) is 0 Å². The van der Waals surface area contributed by atoms with Crippen molar-refractivity contribution in [3.05, 3.63) is 65.5 Å². The van der Waals surface area contributed by atoms with E-state index in [2.05, 4.69) is 15.2 Å². The third-order valence-electron chi connectivity index (χ3n) is 5.05. The van der Waals surface area contributed by atoms with E-state index in [9.17, 15) is 4.39 Å². The summed E-state index contributed by atoms with van der Waals surface area (Å²) in [4.78, 5) is 8.66. The summed E-state index contributed by atoms with van der Waals surface area (Å²) in [5.74, 6) is 1.65. The minimum atomic E-state index is -0.160. The standard InChI is InChI=1S/C23H31FN4O/c1-25-23(26-16-18-9-10-22(24)19(15-18)17-27(2)3)28-13-11-21(12-14-28)29-20-7-5-4-6-8-20/h4-10,15,21H,11-14,16-17H2,1-3H3,(H,25,26). The van der Waals surface area contributed by atoms with Gasteiger partial charge in [-0.2, -0.15) is 0 Å². The average Bonchev–Trinajstić information content (AvgIpc) is 2.72. The maximum Gasteiger partial charge on any atom is 0.193 e. The number of hydrogen-bond donors (Lipinski definition) is 1. The zero-order valence-electron chi connectivity index (χ0n) is 17.6. The molecule has 3 rings (SSSR count). The second-order valence-corrected chi connectivity index (χ2v) is 7.68. The molecule has 1 fully saturated rings. The van der Waals surface area contributed by atoms with Crippen molar-refractivity contribution in [1.82, 2.24) is 15.1 Å². The number of guanidine groups is 1. The minimum Gasteiger partial charge on any atom is -0.490 e. The predicted octanol–water partition coefficient (Wildman–Crippen LogP) is 3.51. The number of ether oxygens (including phenoxy) is 1. The molecule has 2 aromatic rings. The number of para-hydroxylation sites is 1. The van der Waals surface area contributed by atoms with Gasteiger partial charge >= 0.3 is 0 Å². The smallest absolute Gasteiger partial charge is 0.193 e. The summed E-state index contributed by atoms with van der Waals surface area (Å²) < 4.78 is 20.1. The Labute approximate surface area is 173 Å². The Morgan fingerprint density at radius 3 is 2.55 bits per heavy atom. The number of benzene rings is 2. The molecule has 6 heteroatoms. The van der Waals surface area contributed by atoms with Gasteiger partial charge in [-0.1, -0.05) is 24.3 Å². The van der Waals surface area contributed by atoms with Crippen LogP contribution in [0.25, 0.3) is 0 Å². The topological polar surface area (TPSA) is 40.1 Å². The van der Waals surface area contributed by atoms with E-state index in [-0.39, 0.29) is 11.9 Å². The molecule has 156 valence electrons. The molecule has 1 aliphatic rings. The van der Waals surface area contributed by atoms with Crippen molar-refractivity contribution in [2.24, 2.45) is 4.99 Å². The Morgan fingerprint density at radius 2 is 1.90 bits per heavy atom. The van der Waals surface area contributed by atoms with Crippen LogP contribution in [-0.4, -0.2) is 56.1 Å². The fourth-order valence-electron chi connectivity index (χ4n) is 3.59. The summed E-state index contributed by atoms with van der Waals surface area (Å²) in [6, 6.07) is 15.3. The van der Waals surface area contributed by atoms with Crippen LogP contribution in [0.3, 0.4) is 0 Å². The molecular formula is C23H31FN4O. The summed E-state index contributed by atoms with van der Waals surface area (Å²) in [7, 11) is 5.69. The van der Waals surface area contributed by atoms with Crippen LogP contribution in [0.4, 0.5) is 4.39 Å². The summed E-state index contributed by atoms with van der Waals surface area (Å²) in [6.07, 6.45) is 2.15. The molecule has 0 saturated carbocycles. The highest BCUT2D eigenvalue weighted by molar-refractivity contribution is 5.80. The fourth-order valence-corrected chi connectivity index (χ4v) is 3.59. The van der Waals surface area contributed by atoms with Gasteiger partial charge in [-0.05, 0) is 43.9 Å².